The van der Waals surface area contributed by atoms with Crippen LogP contribution >= 0.6 is 47.2 Å². The summed E-state index contributed by atoms with van der Waals surface area (Å²) in [4.78, 5) is 28.2. The van der Waals surface area contributed by atoms with E-state index in [-0.39, 0.29) is 10.7 Å². The zero-order valence-corrected chi connectivity index (χ0v) is 19.9. The number of thiocarbonyl (C=S) groups is 1. The van der Waals surface area contributed by atoms with Crippen LogP contribution in [0.4, 0.5) is 5.69 Å². The van der Waals surface area contributed by atoms with Crippen LogP contribution in [0.2, 0.25) is 10.2 Å². The number of rotatable bonds is 5. The van der Waals surface area contributed by atoms with E-state index in [1.165, 1.54) is 15.7 Å². The molecule has 0 radical (unpaired) electrons. The highest BCUT2D eigenvalue weighted by Gasteiger charge is 2.35. The SMILES string of the molecule is Cn1nc(CSc2ccccc2)c(/C=C2\C(=O)NC(=S)N(c3ccc(Cl)cc3)C2=O)c1Cl. The van der Waals surface area contributed by atoms with Crippen LogP contribution in [0.1, 0.15) is 11.3 Å². The molecule has 0 atom stereocenters. The lowest BCUT2D eigenvalue weighted by atomic mass is 10.1. The molecule has 32 heavy (non-hydrogen) atoms. The summed E-state index contributed by atoms with van der Waals surface area (Å²) in [5.74, 6) is -0.631. The molecular weight excluding hydrogens is 487 g/mol. The van der Waals surface area contributed by atoms with Crippen LogP contribution in [0.5, 0.6) is 0 Å². The van der Waals surface area contributed by atoms with Crippen molar-refractivity contribution in [2.24, 2.45) is 7.05 Å². The first-order chi connectivity index (χ1) is 15.3. The highest BCUT2D eigenvalue weighted by Crippen LogP contribution is 2.30. The van der Waals surface area contributed by atoms with E-state index >= 15 is 0 Å². The van der Waals surface area contributed by atoms with E-state index in [0.29, 0.717) is 32.9 Å². The van der Waals surface area contributed by atoms with Gasteiger partial charge in [-0.25, -0.2) is 0 Å². The molecule has 0 unspecified atom stereocenters. The van der Waals surface area contributed by atoms with Gasteiger partial charge in [0.15, 0.2) is 5.11 Å². The first-order valence-corrected chi connectivity index (χ1v) is 11.6. The summed E-state index contributed by atoms with van der Waals surface area (Å²) in [5, 5.41) is 7.88. The van der Waals surface area contributed by atoms with Crippen molar-refractivity contribution >= 4 is 75.9 Å². The van der Waals surface area contributed by atoms with E-state index in [9.17, 15) is 9.59 Å². The Labute approximate surface area is 204 Å². The second-order valence-electron chi connectivity index (χ2n) is 6.81. The predicted molar refractivity (Wildman–Crippen MR) is 132 cm³/mol. The van der Waals surface area contributed by atoms with Crippen molar-refractivity contribution in [1.82, 2.24) is 15.1 Å². The number of benzene rings is 2. The van der Waals surface area contributed by atoms with Crippen LogP contribution in [0.15, 0.2) is 65.1 Å². The van der Waals surface area contributed by atoms with Crippen molar-refractivity contribution < 1.29 is 9.59 Å². The van der Waals surface area contributed by atoms with Gasteiger partial charge in [0.05, 0.1) is 11.4 Å². The monoisotopic (exact) mass is 502 g/mol. The second-order valence-corrected chi connectivity index (χ2v) is 9.04. The number of hydrogen-bond acceptors (Lipinski definition) is 5. The Hall–Kier alpha value is -2.65. The molecule has 0 bridgehead atoms. The Bertz CT molecular complexity index is 1240. The maximum Gasteiger partial charge on any atom is 0.270 e. The molecule has 0 spiro atoms. The Balaban J connectivity index is 1.68. The number of halogens is 2. The van der Waals surface area contributed by atoms with Crippen molar-refractivity contribution in [2.45, 2.75) is 10.6 Å². The fraction of sp³-hybridized carbons (Fsp3) is 0.0909. The largest absolute Gasteiger partial charge is 0.298 e. The Morgan fingerprint density at radius 2 is 1.78 bits per heavy atom. The van der Waals surface area contributed by atoms with E-state index in [0.717, 1.165) is 4.90 Å². The molecule has 3 aromatic rings. The average Bonchev–Trinajstić information content (AvgIpc) is 3.04. The van der Waals surface area contributed by atoms with E-state index < -0.39 is 11.8 Å². The smallest absolute Gasteiger partial charge is 0.270 e. The van der Waals surface area contributed by atoms with E-state index in [2.05, 4.69) is 10.4 Å². The van der Waals surface area contributed by atoms with Crippen molar-refractivity contribution in [3.05, 3.63) is 81.6 Å². The van der Waals surface area contributed by atoms with Crippen LogP contribution in [-0.2, 0) is 22.4 Å². The molecule has 1 aromatic heterocycles. The van der Waals surface area contributed by atoms with Crippen LogP contribution in [0.25, 0.3) is 6.08 Å². The Morgan fingerprint density at radius 1 is 1.09 bits per heavy atom. The maximum atomic E-state index is 13.2. The van der Waals surface area contributed by atoms with E-state index in [4.69, 9.17) is 35.4 Å². The highest BCUT2D eigenvalue weighted by atomic mass is 35.5. The first-order valence-electron chi connectivity index (χ1n) is 9.41. The molecule has 6 nitrogen and oxygen atoms in total. The fourth-order valence-electron chi connectivity index (χ4n) is 3.12. The van der Waals surface area contributed by atoms with Crippen LogP contribution in [-0.4, -0.2) is 26.7 Å². The zero-order valence-electron chi connectivity index (χ0n) is 16.7. The number of carbonyl (C=O) groups excluding carboxylic acids is 2. The number of aromatic nitrogens is 2. The molecule has 2 heterocycles. The Kier molecular flexibility index (Phi) is 6.66. The summed E-state index contributed by atoms with van der Waals surface area (Å²) in [5.41, 5.74) is 1.58. The third kappa shape index (κ3) is 4.59. The van der Waals surface area contributed by atoms with Gasteiger partial charge in [-0.15, -0.1) is 11.8 Å². The summed E-state index contributed by atoms with van der Waals surface area (Å²) >= 11 is 19.2. The summed E-state index contributed by atoms with van der Waals surface area (Å²) in [6.07, 6.45) is 1.47. The number of amides is 2. The van der Waals surface area contributed by atoms with Gasteiger partial charge in [0.1, 0.15) is 10.7 Å². The maximum absolute atomic E-state index is 13.2. The normalized spacial score (nSPS) is 15.4. The number of thioether (sulfide) groups is 1. The van der Waals surface area contributed by atoms with Crippen molar-refractivity contribution in [1.29, 1.82) is 0 Å². The lowest BCUT2D eigenvalue weighted by molar-refractivity contribution is -0.122. The van der Waals surface area contributed by atoms with Gasteiger partial charge in [-0.1, -0.05) is 41.4 Å². The quantitative estimate of drug-likeness (QED) is 0.233. The molecule has 4 rings (SSSR count). The van der Waals surface area contributed by atoms with E-state index in [1.54, 1.807) is 43.1 Å². The molecule has 0 aliphatic carbocycles. The third-order valence-corrected chi connectivity index (χ3v) is 6.69. The van der Waals surface area contributed by atoms with Crippen LogP contribution in [0, 0.1) is 0 Å². The predicted octanol–water partition coefficient (Wildman–Crippen LogP) is 4.85. The topological polar surface area (TPSA) is 67.2 Å². The highest BCUT2D eigenvalue weighted by molar-refractivity contribution is 7.98. The summed E-state index contributed by atoms with van der Waals surface area (Å²) in [6, 6.07) is 16.4. The molecule has 1 aliphatic heterocycles. The van der Waals surface area contributed by atoms with Gasteiger partial charge in [-0.3, -0.25) is 24.5 Å². The third-order valence-electron chi connectivity index (χ3n) is 4.68. The lowest BCUT2D eigenvalue weighted by Crippen LogP contribution is -2.54. The molecule has 10 heteroatoms. The molecule has 162 valence electrons. The average molecular weight is 503 g/mol. The number of hydrogen-bond donors (Lipinski definition) is 1. The van der Waals surface area contributed by atoms with Gasteiger partial charge < -0.3 is 0 Å². The second kappa shape index (κ2) is 9.46. The molecule has 1 N–H and O–H groups in total. The molecule has 2 aromatic carbocycles. The number of carbonyl (C=O) groups is 2. The number of aryl methyl sites for hydroxylation is 1. The first kappa shape index (κ1) is 22.5. The van der Waals surface area contributed by atoms with Crippen molar-refractivity contribution in [3.8, 4) is 0 Å². The van der Waals surface area contributed by atoms with Crippen molar-refractivity contribution in [2.75, 3.05) is 4.90 Å². The summed E-state index contributed by atoms with van der Waals surface area (Å²) < 4.78 is 1.52. The summed E-state index contributed by atoms with van der Waals surface area (Å²) in [7, 11) is 1.71. The van der Waals surface area contributed by atoms with Gasteiger partial charge in [0.2, 0.25) is 0 Å². The lowest BCUT2D eigenvalue weighted by Gasteiger charge is -2.28. The minimum absolute atomic E-state index is 0.00314. The van der Waals surface area contributed by atoms with Gasteiger partial charge >= 0.3 is 0 Å². The molecule has 1 saturated heterocycles. The van der Waals surface area contributed by atoms with E-state index in [1.807, 2.05) is 30.3 Å². The van der Waals surface area contributed by atoms with Gasteiger partial charge in [-0.2, -0.15) is 5.10 Å². The molecule has 2 amide bonds. The minimum atomic E-state index is -0.591. The van der Waals surface area contributed by atoms with Gasteiger partial charge in [0, 0.05) is 28.3 Å². The minimum Gasteiger partial charge on any atom is -0.298 e. The van der Waals surface area contributed by atoms with Crippen molar-refractivity contribution in [3.63, 3.8) is 0 Å². The standard InChI is InChI=1S/C22H16Cl2N4O2S2/c1-27-19(24)16(18(26-27)12-32-15-5-3-2-4-6-15)11-17-20(29)25-22(31)28(21(17)30)14-9-7-13(23)8-10-14/h2-11H,12H2,1H3,(H,25,29,31)/b17-11+. The Morgan fingerprint density at radius 3 is 2.47 bits per heavy atom. The number of nitrogens with zero attached hydrogens (tertiary/aromatic N) is 3. The van der Waals surface area contributed by atoms with Gasteiger partial charge in [0.25, 0.3) is 11.8 Å². The molecule has 1 aliphatic rings. The fourth-order valence-corrected chi connectivity index (χ4v) is 4.59. The number of nitrogens with one attached hydrogen (secondary N) is 1. The molecular formula is C22H16Cl2N4O2S2. The van der Waals surface area contributed by atoms with Crippen LogP contribution < -0.4 is 10.2 Å². The van der Waals surface area contributed by atoms with Crippen LogP contribution in [0.3, 0.4) is 0 Å². The molecule has 1 fully saturated rings. The molecule has 0 saturated carbocycles. The van der Waals surface area contributed by atoms with Gasteiger partial charge in [-0.05, 0) is 54.7 Å². The zero-order chi connectivity index (χ0) is 22.8. The number of anilines is 1. The summed E-state index contributed by atoms with van der Waals surface area (Å²) in [6.45, 7) is 0.